The lowest BCUT2D eigenvalue weighted by molar-refractivity contribution is 0.728. The first-order valence-electron chi connectivity index (χ1n) is 6.57. The second kappa shape index (κ2) is 6.60. The van der Waals surface area contributed by atoms with Crippen molar-refractivity contribution in [3.63, 3.8) is 0 Å². The molecule has 1 atom stereocenters. The molecule has 1 aromatic rings. The molecule has 17 heavy (non-hydrogen) atoms. The van der Waals surface area contributed by atoms with Crippen molar-refractivity contribution in [1.82, 2.24) is 4.98 Å². The lowest BCUT2D eigenvalue weighted by Crippen LogP contribution is -2.26. The summed E-state index contributed by atoms with van der Waals surface area (Å²) in [6.45, 7) is 10.7. The van der Waals surface area contributed by atoms with Crippen molar-refractivity contribution in [3.05, 3.63) is 23.4 Å². The second-order valence-electron chi connectivity index (χ2n) is 4.68. The van der Waals surface area contributed by atoms with E-state index in [4.69, 9.17) is 5.73 Å². The van der Waals surface area contributed by atoms with E-state index in [-0.39, 0.29) is 6.04 Å². The van der Waals surface area contributed by atoms with E-state index in [1.807, 2.05) is 13.1 Å². The van der Waals surface area contributed by atoms with Crippen LogP contribution in [-0.2, 0) is 0 Å². The van der Waals surface area contributed by atoms with Crippen molar-refractivity contribution in [2.24, 2.45) is 5.73 Å². The molecular formula is C14H25N3. The van der Waals surface area contributed by atoms with Crippen molar-refractivity contribution in [2.75, 3.05) is 18.0 Å². The molecule has 0 spiro atoms. The summed E-state index contributed by atoms with van der Waals surface area (Å²) in [6.07, 6.45) is 4.21. The van der Waals surface area contributed by atoms with Crippen LogP contribution in [-0.4, -0.2) is 18.1 Å². The number of nitrogens with zero attached hydrogens (tertiary/aromatic N) is 2. The molecule has 96 valence electrons. The van der Waals surface area contributed by atoms with Crippen LogP contribution in [0.4, 0.5) is 5.82 Å². The van der Waals surface area contributed by atoms with Gasteiger partial charge in [0, 0.05) is 25.3 Å². The van der Waals surface area contributed by atoms with Gasteiger partial charge in [-0.15, -0.1) is 0 Å². The topological polar surface area (TPSA) is 42.2 Å². The van der Waals surface area contributed by atoms with Crippen molar-refractivity contribution >= 4 is 5.82 Å². The number of rotatable bonds is 6. The molecule has 3 nitrogen and oxygen atoms in total. The van der Waals surface area contributed by atoms with Gasteiger partial charge < -0.3 is 10.6 Å². The molecule has 0 saturated carbocycles. The van der Waals surface area contributed by atoms with Crippen molar-refractivity contribution < 1.29 is 0 Å². The Balaban J connectivity index is 2.95. The highest BCUT2D eigenvalue weighted by Crippen LogP contribution is 2.20. The average Bonchev–Trinajstić information content (AvgIpc) is 2.28. The summed E-state index contributed by atoms with van der Waals surface area (Å²) < 4.78 is 0. The first-order chi connectivity index (χ1) is 8.10. The van der Waals surface area contributed by atoms with Gasteiger partial charge in [0.2, 0.25) is 0 Å². The lowest BCUT2D eigenvalue weighted by atomic mass is 10.1. The monoisotopic (exact) mass is 235 g/mol. The van der Waals surface area contributed by atoms with Crippen molar-refractivity contribution in [3.8, 4) is 0 Å². The van der Waals surface area contributed by atoms with Crippen LogP contribution in [0.5, 0.6) is 0 Å². The van der Waals surface area contributed by atoms with Gasteiger partial charge in [0.25, 0.3) is 0 Å². The summed E-state index contributed by atoms with van der Waals surface area (Å²) in [5.41, 5.74) is 8.21. The van der Waals surface area contributed by atoms with Crippen molar-refractivity contribution in [2.45, 2.75) is 46.6 Å². The summed E-state index contributed by atoms with van der Waals surface area (Å²) in [6, 6.07) is 2.21. The highest BCUT2D eigenvalue weighted by molar-refractivity contribution is 5.47. The molecule has 0 aromatic carbocycles. The van der Waals surface area contributed by atoms with Crippen LogP contribution in [0.2, 0.25) is 0 Å². The van der Waals surface area contributed by atoms with E-state index in [2.05, 4.69) is 36.7 Å². The van der Waals surface area contributed by atoms with Crippen molar-refractivity contribution in [1.29, 1.82) is 0 Å². The highest BCUT2D eigenvalue weighted by Gasteiger charge is 2.10. The maximum atomic E-state index is 5.87. The average molecular weight is 235 g/mol. The number of hydrogen-bond acceptors (Lipinski definition) is 3. The zero-order valence-corrected chi connectivity index (χ0v) is 11.5. The Labute approximate surface area is 105 Å². The minimum Gasteiger partial charge on any atom is -0.356 e. The van der Waals surface area contributed by atoms with Gasteiger partial charge >= 0.3 is 0 Å². The fourth-order valence-electron chi connectivity index (χ4n) is 2.03. The number of pyridine rings is 1. The molecule has 0 aliphatic carbocycles. The first-order valence-corrected chi connectivity index (χ1v) is 6.57. The second-order valence-corrected chi connectivity index (χ2v) is 4.68. The van der Waals surface area contributed by atoms with Crippen LogP contribution < -0.4 is 10.6 Å². The maximum absolute atomic E-state index is 5.87. The van der Waals surface area contributed by atoms with Crippen LogP contribution in [0.15, 0.2) is 12.3 Å². The van der Waals surface area contributed by atoms with Gasteiger partial charge in [-0.3, -0.25) is 0 Å². The van der Waals surface area contributed by atoms with E-state index < -0.39 is 0 Å². The third kappa shape index (κ3) is 3.70. The Morgan fingerprint density at radius 3 is 2.29 bits per heavy atom. The highest BCUT2D eigenvalue weighted by atomic mass is 15.2. The quantitative estimate of drug-likeness (QED) is 0.824. The summed E-state index contributed by atoms with van der Waals surface area (Å²) in [4.78, 5) is 6.94. The van der Waals surface area contributed by atoms with E-state index in [0.29, 0.717) is 0 Å². The third-order valence-electron chi connectivity index (χ3n) is 2.88. The summed E-state index contributed by atoms with van der Waals surface area (Å²) >= 11 is 0. The number of aryl methyl sites for hydroxylation is 1. The molecule has 3 heteroatoms. The van der Waals surface area contributed by atoms with Crippen LogP contribution >= 0.6 is 0 Å². The van der Waals surface area contributed by atoms with Gasteiger partial charge in [0.15, 0.2) is 0 Å². The standard InChI is InChI=1S/C14H25N3/c1-5-7-17(8-6-2)14-11(3)9-13(10-16-14)12(4)15/h9-10,12H,5-8,15H2,1-4H3/t12-/m0/s1. The Bertz CT molecular complexity index is 341. The first kappa shape index (κ1) is 14.0. The Hall–Kier alpha value is -1.09. The number of anilines is 1. The SMILES string of the molecule is CCCN(CCC)c1ncc([C@H](C)N)cc1C. The molecule has 1 heterocycles. The molecule has 0 unspecified atom stereocenters. The van der Waals surface area contributed by atoms with E-state index in [0.717, 1.165) is 37.3 Å². The zero-order valence-electron chi connectivity index (χ0n) is 11.5. The van der Waals surface area contributed by atoms with Gasteiger partial charge in [0.05, 0.1) is 0 Å². The largest absolute Gasteiger partial charge is 0.356 e. The molecule has 2 N–H and O–H groups in total. The molecule has 0 amide bonds. The Morgan fingerprint density at radius 1 is 1.29 bits per heavy atom. The molecule has 0 aliphatic heterocycles. The smallest absolute Gasteiger partial charge is 0.131 e. The minimum atomic E-state index is 0.0565. The number of hydrogen-bond donors (Lipinski definition) is 1. The molecule has 0 aliphatic rings. The fraction of sp³-hybridized carbons (Fsp3) is 0.643. The van der Waals surface area contributed by atoms with Crippen LogP contribution in [0.3, 0.4) is 0 Å². The number of aromatic nitrogens is 1. The van der Waals surface area contributed by atoms with E-state index in [1.54, 1.807) is 0 Å². The van der Waals surface area contributed by atoms with Gasteiger partial charge in [-0.05, 0) is 43.9 Å². The fourth-order valence-corrected chi connectivity index (χ4v) is 2.03. The molecule has 1 aromatic heterocycles. The summed E-state index contributed by atoms with van der Waals surface area (Å²) in [5, 5.41) is 0. The summed E-state index contributed by atoms with van der Waals surface area (Å²) in [5.74, 6) is 1.11. The Morgan fingerprint density at radius 2 is 1.88 bits per heavy atom. The molecule has 0 fully saturated rings. The van der Waals surface area contributed by atoms with Gasteiger partial charge in [-0.2, -0.15) is 0 Å². The predicted molar refractivity (Wildman–Crippen MR) is 74.4 cm³/mol. The van der Waals surface area contributed by atoms with Gasteiger partial charge in [-0.1, -0.05) is 13.8 Å². The predicted octanol–water partition coefficient (Wildman–Crippen LogP) is 3.04. The van der Waals surface area contributed by atoms with Crippen LogP contribution in [0, 0.1) is 6.92 Å². The minimum absolute atomic E-state index is 0.0565. The Kier molecular flexibility index (Phi) is 5.42. The molecule has 0 bridgehead atoms. The lowest BCUT2D eigenvalue weighted by Gasteiger charge is -2.24. The van der Waals surface area contributed by atoms with E-state index in [9.17, 15) is 0 Å². The molecular weight excluding hydrogens is 210 g/mol. The van der Waals surface area contributed by atoms with Crippen LogP contribution in [0.25, 0.3) is 0 Å². The zero-order chi connectivity index (χ0) is 12.8. The van der Waals surface area contributed by atoms with Crippen LogP contribution in [0.1, 0.15) is 50.8 Å². The summed E-state index contributed by atoms with van der Waals surface area (Å²) in [7, 11) is 0. The van der Waals surface area contributed by atoms with E-state index in [1.165, 1.54) is 5.56 Å². The molecule has 1 rings (SSSR count). The normalized spacial score (nSPS) is 12.5. The van der Waals surface area contributed by atoms with Gasteiger partial charge in [0.1, 0.15) is 5.82 Å². The van der Waals surface area contributed by atoms with Gasteiger partial charge in [-0.25, -0.2) is 4.98 Å². The van der Waals surface area contributed by atoms with E-state index >= 15 is 0 Å². The molecule has 0 radical (unpaired) electrons. The number of nitrogens with two attached hydrogens (primary N) is 1. The molecule has 0 saturated heterocycles. The third-order valence-corrected chi connectivity index (χ3v) is 2.88. The maximum Gasteiger partial charge on any atom is 0.131 e.